The Hall–Kier alpha value is -1.21. The minimum atomic E-state index is -5.66. The van der Waals surface area contributed by atoms with Gasteiger partial charge in [-0.2, -0.15) is 26.3 Å². The summed E-state index contributed by atoms with van der Waals surface area (Å²) in [7, 11) is 0. The van der Waals surface area contributed by atoms with Crippen LogP contribution in [0, 0.1) is 5.92 Å². The van der Waals surface area contributed by atoms with Gasteiger partial charge in [-0.15, -0.1) is 0 Å². The van der Waals surface area contributed by atoms with Crippen molar-refractivity contribution in [1.82, 2.24) is 0 Å². The molecule has 0 aromatic carbocycles. The van der Waals surface area contributed by atoms with E-state index < -0.39 is 24.1 Å². The second-order valence-electron chi connectivity index (χ2n) is 2.68. The van der Waals surface area contributed by atoms with Gasteiger partial charge in [0.25, 0.3) is 0 Å². The molecule has 0 fully saturated rings. The SMILES string of the molecule is CCO/C=C/C(=O)C(C(F)(F)F)C(F)(F)F. The van der Waals surface area contributed by atoms with E-state index in [1.165, 1.54) is 6.92 Å². The number of carbonyl (C=O) groups excluding carboxylic acids is 1. The standard InChI is InChI=1S/C8H8F6O2/c1-2-16-4-3-5(15)6(7(9,10)11)8(12,13)14/h3-4,6H,2H2,1H3/b4-3+. The molecule has 0 aliphatic heterocycles. The Morgan fingerprint density at radius 1 is 1.19 bits per heavy atom. The average Bonchev–Trinajstić information content (AvgIpc) is 1.98. The Kier molecular flexibility index (Phi) is 4.82. The van der Waals surface area contributed by atoms with E-state index in [4.69, 9.17) is 0 Å². The first-order valence-electron chi connectivity index (χ1n) is 4.06. The van der Waals surface area contributed by atoms with Gasteiger partial charge in [-0.3, -0.25) is 4.79 Å². The molecule has 0 aliphatic rings. The quantitative estimate of drug-likeness (QED) is 0.435. The monoisotopic (exact) mass is 250 g/mol. The molecule has 0 atom stereocenters. The van der Waals surface area contributed by atoms with Gasteiger partial charge in [-0.25, -0.2) is 0 Å². The van der Waals surface area contributed by atoms with Crippen molar-refractivity contribution in [3.8, 4) is 0 Å². The molecule has 0 saturated heterocycles. The molecule has 0 unspecified atom stereocenters. The lowest BCUT2D eigenvalue weighted by molar-refractivity contribution is -0.271. The highest BCUT2D eigenvalue weighted by Crippen LogP contribution is 2.39. The Bertz CT molecular complexity index is 251. The van der Waals surface area contributed by atoms with Gasteiger partial charge < -0.3 is 4.74 Å². The number of ether oxygens (including phenoxy) is 1. The lowest BCUT2D eigenvalue weighted by atomic mass is 10.0. The summed E-state index contributed by atoms with van der Waals surface area (Å²) >= 11 is 0. The van der Waals surface area contributed by atoms with Crippen LogP contribution < -0.4 is 0 Å². The summed E-state index contributed by atoms with van der Waals surface area (Å²) in [5, 5.41) is 0. The number of hydrogen-bond donors (Lipinski definition) is 0. The fraction of sp³-hybridized carbons (Fsp3) is 0.625. The first-order chi connectivity index (χ1) is 7.10. The van der Waals surface area contributed by atoms with Crippen LogP contribution in [0.5, 0.6) is 0 Å². The number of alkyl halides is 6. The fourth-order valence-corrected chi connectivity index (χ4v) is 0.816. The van der Waals surface area contributed by atoms with Crippen molar-refractivity contribution < 1.29 is 35.9 Å². The third-order valence-corrected chi connectivity index (χ3v) is 1.43. The molecule has 0 spiro atoms. The van der Waals surface area contributed by atoms with E-state index in [0.717, 1.165) is 0 Å². The second kappa shape index (κ2) is 5.22. The van der Waals surface area contributed by atoms with Crippen molar-refractivity contribution in [2.45, 2.75) is 19.3 Å². The van der Waals surface area contributed by atoms with Gasteiger partial charge in [0.05, 0.1) is 12.9 Å². The number of allylic oxidation sites excluding steroid dienone is 1. The zero-order valence-corrected chi connectivity index (χ0v) is 8.02. The van der Waals surface area contributed by atoms with Crippen LogP contribution >= 0.6 is 0 Å². The number of ketones is 1. The van der Waals surface area contributed by atoms with E-state index in [-0.39, 0.29) is 12.7 Å². The predicted molar refractivity (Wildman–Crippen MR) is 41.4 cm³/mol. The van der Waals surface area contributed by atoms with Crippen molar-refractivity contribution in [1.29, 1.82) is 0 Å². The Balaban J connectivity index is 4.87. The maximum atomic E-state index is 12.0. The van der Waals surface area contributed by atoms with Gasteiger partial charge in [0.15, 0.2) is 5.78 Å². The third kappa shape index (κ3) is 4.54. The first-order valence-corrected chi connectivity index (χ1v) is 4.06. The van der Waals surface area contributed by atoms with Crippen LogP contribution in [-0.4, -0.2) is 24.7 Å². The summed E-state index contributed by atoms with van der Waals surface area (Å²) < 4.78 is 76.1. The molecule has 8 heteroatoms. The molecule has 0 aromatic rings. The highest BCUT2D eigenvalue weighted by Gasteiger charge is 2.60. The Morgan fingerprint density at radius 3 is 1.94 bits per heavy atom. The molecule has 0 amide bonds. The maximum absolute atomic E-state index is 12.0. The molecule has 0 heterocycles. The molecule has 2 nitrogen and oxygen atoms in total. The number of halogens is 6. The summed E-state index contributed by atoms with van der Waals surface area (Å²) in [5.41, 5.74) is 0. The van der Waals surface area contributed by atoms with Crippen molar-refractivity contribution in [3.05, 3.63) is 12.3 Å². The minimum absolute atomic E-state index is 0.0342. The molecule has 0 aromatic heterocycles. The summed E-state index contributed by atoms with van der Waals surface area (Å²) in [4.78, 5) is 10.7. The van der Waals surface area contributed by atoms with Crippen LogP contribution in [0.3, 0.4) is 0 Å². The highest BCUT2D eigenvalue weighted by atomic mass is 19.4. The molecule has 0 N–H and O–H groups in total. The van der Waals surface area contributed by atoms with Crippen LogP contribution in [0.25, 0.3) is 0 Å². The van der Waals surface area contributed by atoms with E-state index in [9.17, 15) is 31.1 Å². The topological polar surface area (TPSA) is 26.3 Å². The van der Waals surface area contributed by atoms with Gasteiger partial charge in [-0.1, -0.05) is 0 Å². The van der Waals surface area contributed by atoms with Crippen molar-refractivity contribution in [3.63, 3.8) is 0 Å². The third-order valence-electron chi connectivity index (χ3n) is 1.43. The zero-order chi connectivity index (χ0) is 13.0. The fourth-order valence-electron chi connectivity index (χ4n) is 0.816. The summed E-state index contributed by atoms with van der Waals surface area (Å²) in [5.74, 6) is -6.11. The van der Waals surface area contributed by atoms with Crippen LogP contribution in [-0.2, 0) is 9.53 Å². The van der Waals surface area contributed by atoms with Crippen LogP contribution in [0.4, 0.5) is 26.3 Å². The molecule has 0 rings (SSSR count). The maximum Gasteiger partial charge on any atom is 0.407 e. The van der Waals surface area contributed by atoms with Crippen LogP contribution in [0.15, 0.2) is 12.3 Å². The summed E-state index contributed by atoms with van der Waals surface area (Å²) in [6, 6.07) is 0. The largest absolute Gasteiger partial charge is 0.501 e. The number of carbonyl (C=O) groups is 1. The normalized spacial score (nSPS) is 13.5. The predicted octanol–water partition coefficient (Wildman–Crippen LogP) is 2.85. The van der Waals surface area contributed by atoms with Gasteiger partial charge in [-0.05, 0) is 6.92 Å². The molecule has 94 valence electrons. The van der Waals surface area contributed by atoms with Gasteiger partial charge in [0.2, 0.25) is 5.92 Å². The number of rotatable bonds is 4. The lowest BCUT2D eigenvalue weighted by Crippen LogP contribution is -2.41. The van der Waals surface area contributed by atoms with E-state index in [1.54, 1.807) is 0 Å². The Morgan fingerprint density at radius 2 is 1.62 bits per heavy atom. The van der Waals surface area contributed by atoms with E-state index >= 15 is 0 Å². The van der Waals surface area contributed by atoms with Crippen molar-refractivity contribution in [2.75, 3.05) is 6.61 Å². The summed E-state index contributed by atoms with van der Waals surface area (Å²) in [6.07, 6.45) is -10.7. The Labute approximate surface area is 86.9 Å². The van der Waals surface area contributed by atoms with Crippen molar-refractivity contribution >= 4 is 5.78 Å². The molecule has 16 heavy (non-hydrogen) atoms. The molecule has 0 bridgehead atoms. The van der Waals surface area contributed by atoms with Crippen LogP contribution in [0.2, 0.25) is 0 Å². The minimum Gasteiger partial charge on any atom is -0.501 e. The molecule has 0 radical (unpaired) electrons. The van der Waals surface area contributed by atoms with Gasteiger partial charge >= 0.3 is 12.4 Å². The first kappa shape index (κ1) is 14.8. The zero-order valence-electron chi connectivity index (χ0n) is 8.02. The van der Waals surface area contributed by atoms with E-state index in [2.05, 4.69) is 4.74 Å². The highest BCUT2D eigenvalue weighted by molar-refractivity contribution is 5.92. The van der Waals surface area contributed by atoms with Gasteiger partial charge in [0, 0.05) is 6.08 Å². The van der Waals surface area contributed by atoms with Crippen molar-refractivity contribution in [2.24, 2.45) is 5.92 Å². The smallest absolute Gasteiger partial charge is 0.407 e. The average molecular weight is 250 g/mol. The molecular weight excluding hydrogens is 242 g/mol. The van der Waals surface area contributed by atoms with Crippen LogP contribution in [0.1, 0.15) is 6.92 Å². The lowest BCUT2D eigenvalue weighted by Gasteiger charge is -2.20. The van der Waals surface area contributed by atoms with E-state index in [1.807, 2.05) is 0 Å². The molecule has 0 aliphatic carbocycles. The van der Waals surface area contributed by atoms with Gasteiger partial charge in [0.1, 0.15) is 0 Å². The van der Waals surface area contributed by atoms with E-state index in [0.29, 0.717) is 6.26 Å². The molecular formula is C8H8F6O2. The summed E-state index contributed by atoms with van der Waals surface area (Å²) in [6.45, 7) is 1.49. The molecule has 0 saturated carbocycles. The second-order valence-corrected chi connectivity index (χ2v) is 2.68. The number of hydrogen-bond acceptors (Lipinski definition) is 2.